The molecule has 4 nitrogen and oxygen atoms in total. The van der Waals surface area contributed by atoms with Gasteiger partial charge < -0.3 is 10.1 Å². The number of anilines is 1. The van der Waals surface area contributed by atoms with Gasteiger partial charge in [0.05, 0.1) is 11.7 Å². The number of nitrogens with zero attached hydrogens (tertiary/aromatic N) is 1. The number of amides is 1. The number of benzene rings is 1. The van der Waals surface area contributed by atoms with E-state index in [-0.39, 0.29) is 18.2 Å². The Balaban J connectivity index is 1.97. The van der Waals surface area contributed by atoms with E-state index in [2.05, 4.69) is 5.32 Å². The van der Waals surface area contributed by atoms with Gasteiger partial charge in [-0.25, -0.2) is 4.79 Å². The molecule has 0 aromatic heterocycles. The highest BCUT2D eigenvalue weighted by Crippen LogP contribution is 2.32. The largest absolute Gasteiger partial charge is 0.444 e. The molecule has 2 heterocycles. The number of fused-ring (bicyclic) bond motifs is 1. The summed E-state index contributed by atoms with van der Waals surface area (Å²) in [7, 11) is 0. The Morgan fingerprint density at radius 1 is 1.50 bits per heavy atom. The van der Waals surface area contributed by atoms with E-state index in [4.69, 9.17) is 16.3 Å². The lowest BCUT2D eigenvalue weighted by Gasteiger charge is -2.29. The van der Waals surface area contributed by atoms with Crippen molar-refractivity contribution in [2.45, 2.75) is 25.5 Å². The Kier molecular flexibility index (Phi) is 2.92. The van der Waals surface area contributed by atoms with E-state index in [9.17, 15) is 4.79 Å². The number of ether oxygens (including phenoxy) is 1. The van der Waals surface area contributed by atoms with Crippen molar-refractivity contribution in [1.82, 2.24) is 5.32 Å². The van der Waals surface area contributed by atoms with E-state index in [1.165, 1.54) is 0 Å². The Morgan fingerprint density at radius 3 is 3.11 bits per heavy atom. The number of rotatable bonds is 1. The molecule has 0 saturated carbocycles. The molecule has 2 fully saturated rings. The minimum atomic E-state index is -0.251. The van der Waals surface area contributed by atoms with Gasteiger partial charge in [0, 0.05) is 11.6 Å². The summed E-state index contributed by atoms with van der Waals surface area (Å²) in [4.78, 5) is 13.8. The van der Waals surface area contributed by atoms with Crippen molar-refractivity contribution in [3.8, 4) is 0 Å². The van der Waals surface area contributed by atoms with Gasteiger partial charge in [-0.05, 0) is 43.7 Å². The molecule has 5 heteroatoms. The Labute approximate surface area is 111 Å². The first-order chi connectivity index (χ1) is 8.66. The highest BCUT2D eigenvalue weighted by molar-refractivity contribution is 6.30. The maximum Gasteiger partial charge on any atom is 0.415 e. The fraction of sp³-hybridized carbons (Fsp3) is 0.462. The zero-order valence-corrected chi connectivity index (χ0v) is 10.9. The zero-order chi connectivity index (χ0) is 12.7. The van der Waals surface area contributed by atoms with Crippen molar-refractivity contribution in [3.63, 3.8) is 0 Å². The van der Waals surface area contributed by atoms with Gasteiger partial charge in [-0.3, -0.25) is 4.90 Å². The van der Waals surface area contributed by atoms with Gasteiger partial charge >= 0.3 is 6.09 Å². The Morgan fingerprint density at radius 2 is 2.33 bits per heavy atom. The van der Waals surface area contributed by atoms with Gasteiger partial charge in [-0.2, -0.15) is 0 Å². The number of carbonyl (C=O) groups is 1. The molecule has 1 aromatic rings. The van der Waals surface area contributed by atoms with Crippen molar-refractivity contribution < 1.29 is 9.53 Å². The Hall–Kier alpha value is -1.26. The summed E-state index contributed by atoms with van der Waals surface area (Å²) < 4.78 is 5.43. The molecule has 2 unspecified atom stereocenters. The molecule has 0 aliphatic carbocycles. The first kappa shape index (κ1) is 11.8. The smallest absolute Gasteiger partial charge is 0.415 e. The second-order valence-electron chi connectivity index (χ2n) is 4.78. The molecule has 2 saturated heterocycles. The van der Waals surface area contributed by atoms with Crippen LogP contribution in [0.15, 0.2) is 18.2 Å². The van der Waals surface area contributed by atoms with Crippen LogP contribution in [0.4, 0.5) is 10.5 Å². The van der Waals surface area contributed by atoms with Crippen LogP contribution in [0.5, 0.6) is 0 Å². The topological polar surface area (TPSA) is 41.6 Å². The van der Waals surface area contributed by atoms with Crippen LogP contribution in [0.25, 0.3) is 0 Å². The molecule has 1 N–H and O–H groups in total. The lowest BCUT2D eigenvalue weighted by atomic mass is 10.0. The lowest BCUT2D eigenvalue weighted by Crippen LogP contribution is -2.49. The van der Waals surface area contributed by atoms with Gasteiger partial charge in [0.1, 0.15) is 6.10 Å². The molecular formula is C13H15ClN2O2. The van der Waals surface area contributed by atoms with Gasteiger partial charge in [0.25, 0.3) is 0 Å². The van der Waals surface area contributed by atoms with Gasteiger partial charge in [0.15, 0.2) is 0 Å². The lowest BCUT2D eigenvalue weighted by molar-refractivity contribution is 0.117. The maximum atomic E-state index is 12.0. The molecule has 1 amide bonds. The van der Waals surface area contributed by atoms with Crippen LogP contribution in [0.1, 0.15) is 12.0 Å². The molecule has 1 aromatic carbocycles. The SMILES string of the molecule is Cc1cc(Cl)ccc1N1C(=O)OC2CCNCC21. The number of piperidine rings is 1. The van der Waals surface area contributed by atoms with E-state index < -0.39 is 0 Å². The number of aryl methyl sites for hydroxylation is 1. The van der Waals surface area contributed by atoms with Crippen molar-refractivity contribution in [2.75, 3.05) is 18.0 Å². The molecule has 2 aliphatic rings. The maximum absolute atomic E-state index is 12.0. The second kappa shape index (κ2) is 4.44. The number of carbonyl (C=O) groups excluding carboxylic acids is 1. The molecular weight excluding hydrogens is 252 g/mol. The minimum Gasteiger partial charge on any atom is -0.444 e. The van der Waals surface area contributed by atoms with Crippen LogP contribution < -0.4 is 10.2 Å². The minimum absolute atomic E-state index is 0.00817. The normalized spacial score (nSPS) is 27.0. The highest BCUT2D eigenvalue weighted by atomic mass is 35.5. The average Bonchev–Trinajstić information content (AvgIpc) is 2.66. The molecule has 18 heavy (non-hydrogen) atoms. The van der Waals surface area contributed by atoms with Crippen LogP contribution in [0.3, 0.4) is 0 Å². The third kappa shape index (κ3) is 1.85. The van der Waals surface area contributed by atoms with E-state index in [0.29, 0.717) is 5.02 Å². The van der Waals surface area contributed by atoms with Crippen LogP contribution in [0.2, 0.25) is 5.02 Å². The summed E-state index contributed by atoms with van der Waals surface area (Å²) in [5.74, 6) is 0. The van der Waals surface area contributed by atoms with Crippen LogP contribution >= 0.6 is 11.6 Å². The number of hydrogen-bond donors (Lipinski definition) is 1. The summed E-state index contributed by atoms with van der Waals surface area (Å²) in [5, 5.41) is 3.99. The fourth-order valence-electron chi connectivity index (χ4n) is 2.70. The number of halogens is 1. The predicted molar refractivity (Wildman–Crippen MR) is 70.2 cm³/mol. The van der Waals surface area contributed by atoms with E-state index in [1.807, 2.05) is 19.1 Å². The number of hydrogen-bond acceptors (Lipinski definition) is 3. The molecule has 2 aliphatic heterocycles. The number of nitrogens with one attached hydrogen (secondary N) is 1. The average molecular weight is 267 g/mol. The van der Waals surface area contributed by atoms with E-state index in [0.717, 1.165) is 30.8 Å². The summed E-state index contributed by atoms with van der Waals surface area (Å²) in [6.07, 6.45) is 0.632. The van der Waals surface area contributed by atoms with Crippen molar-refractivity contribution in [3.05, 3.63) is 28.8 Å². The molecule has 96 valence electrons. The van der Waals surface area contributed by atoms with Crippen LogP contribution in [-0.2, 0) is 4.74 Å². The molecule has 0 radical (unpaired) electrons. The monoisotopic (exact) mass is 266 g/mol. The zero-order valence-electron chi connectivity index (χ0n) is 10.1. The standard InChI is InChI=1S/C13H15ClN2O2/c1-8-6-9(14)2-3-10(8)16-11-7-15-5-4-12(11)18-13(16)17/h2-3,6,11-12,15H,4-5,7H2,1H3. The Bertz CT molecular complexity index is 492. The quantitative estimate of drug-likeness (QED) is 0.848. The van der Waals surface area contributed by atoms with Crippen molar-refractivity contribution >= 4 is 23.4 Å². The van der Waals surface area contributed by atoms with E-state index in [1.54, 1.807) is 11.0 Å². The summed E-state index contributed by atoms with van der Waals surface area (Å²) in [5.41, 5.74) is 1.88. The molecule has 0 bridgehead atoms. The van der Waals surface area contributed by atoms with Gasteiger partial charge in [-0.1, -0.05) is 11.6 Å². The third-order valence-electron chi connectivity index (χ3n) is 3.59. The van der Waals surface area contributed by atoms with Crippen LogP contribution in [-0.4, -0.2) is 31.3 Å². The first-order valence-corrected chi connectivity index (χ1v) is 6.51. The van der Waals surface area contributed by atoms with Gasteiger partial charge in [-0.15, -0.1) is 0 Å². The second-order valence-corrected chi connectivity index (χ2v) is 5.22. The van der Waals surface area contributed by atoms with Crippen LogP contribution in [0, 0.1) is 6.92 Å². The fourth-order valence-corrected chi connectivity index (χ4v) is 2.93. The highest BCUT2D eigenvalue weighted by Gasteiger charge is 2.44. The van der Waals surface area contributed by atoms with Crippen molar-refractivity contribution in [1.29, 1.82) is 0 Å². The first-order valence-electron chi connectivity index (χ1n) is 6.13. The summed E-state index contributed by atoms with van der Waals surface area (Å²) in [6.45, 7) is 3.64. The molecule has 0 spiro atoms. The van der Waals surface area contributed by atoms with Crippen molar-refractivity contribution in [2.24, 2.45) is 0 Å². The molecule has 2 atom stereocenters. The van der Waals surface area contributed by atoms with E-state index >= 15 is 0 Å². The summed E-state index contributed by atoms with van der Waals surface area (Å²) in [6, 6.07) is 5.65. The molecule has 3 rings (SSSR count). The third-order valence-corrected chi connectivity index (χ3v) is 3.82. The summed E-state index contributed by atoms with van der Waals surface area (Å²) >= 11 is 5.95. The van der Waals surface area contributed by atoms with Gasteiger partial charge in [0.2, 0.25) is 0 Å². The predicted octanol–water partition coefficient (Wildman–Crippen LogP) is 2.34.